The highest BCUT2D eigenvalue weighted by Gasteiger charge is 2.25. The van der Waals surface area contributed by atoms with E-state index >= 15 is 0 Å². The normalized spacial score (nSPS) is 18.8. The molecule has 0 N–H and O–H groups in total. The maximum absolute atomic E-state index is 12.3. The SMILES string of the molecule is C=CCO[C@@H](C)C(=O)N1CCN(Cc2ccc3c(c2)CCO3)CC1. The van der Waals surface area contributed by atoms with Crippen molar-refractivity contribution in [2.24, 2.45) is 0 Å². The smallest absolute Gasteiger partial charge is 0.251 e. The fraction of sp³-hybridized carbons (Fsp3) is 0.526. The predicted octanol–water partition coefficient (Wildman–Crippen LogP) is 1.86. The van der Waals surface area contributed by atoms with Crippen LogP contribution in [0.2, 0.25) is 0 Å². The first-order valence-electron chi connectivity index (χ1n) is 8.65. The van der Waals surface area contributed by atoms with Crippen molar-refractivity contribution in [1.82, 2.24) is 9.80 Å². The highest BCUT2D eigenvalue weighted by molar-refractivity contribution is 5.80. The number of ether oxygens (including phenoxy) is 2. The summed E-state index contributed by atoms with van der Waals surface area (Å²) in [6.07, 6.45) is 2.28. The minimum atomic E-state index is -0.397. The van der Waals surface area contributed by atoms with E-state index < -0.39 is 6.10 Å². The fourth-order valence-corrected chi connectivity index (χ4v) is 3.26. The molecule has 0 radical (unpaired) electrons. The number of benzene rings is 1. The highest BCUT2D eigenvalue weighted by atomic mass is 16.5. The van der Waals surface area contributed by atoms with Gasteiger partial charge in [-0.2, -0.15) is 0 Å². The third kappa shape index (κ3) is 3.97. The summed E-state index contributed by atoms with van der Waals surface area (Å²) < 4.78 is 11.0. The number of hydrogen-bond acceptors (Lipinski definition) is 4. The van der Waals surface area contributed by atoms with Gasteiger partial charge in [0, 0.05) is 39.1 Å². The van der Waals surface area contributed by atoms with Crippen molar-refractivity contribution in [1.29, 1.82) is 0 Å². The van der Waals surface area contributed by atoms with E-state index in [0.29, 0.717) is 6.61 Å². The summed E-state index contributed by atoms with van der Waals surface area (Å²) >= 11 is 0. The standard InChI is InChI=1S/C19H26N2O3/c1-3-11-23-15(2)19(22)21-9-7-20(8-10-21)14-16-4-5-18-17(13-16)6-12-24-18/h3-5,13,15H,1,6-12,14H2,2H3/t15-/m0/s1. The number of nitrogens with zero attached hydrogens (tertiary/aromatic N) is 2. The number of piperazine rings is 1. The Morgan fingerprint density at radius 1 is 1.38 bits per heavy atom. The molecular formula is C19H26N2O3. The molecule has 5 nitrogen and oxygen atoms in total. The van der Waals surface area contributed by atoms with Gasteiger partial charge in [0.15, 0.2) is 0 Å². The van der Waals surface area contributed by atoms with Crippen molar-refractivity contribution in [3.63, 3.8) is 0 Å². The van der Waals surface area contributed by atoms with Crippen molar-refractivity contribution in [3.05, 3.63) is 42.0 Å². The van der Waals surface area contributed by atoms with E-state index in [9.17, 15) is 4.79 Å². The van der Waals surface area contributed by atoms with Gasteiger partial charge in [-0.25, -0.2) is 0 Å². The van der Waals surface area contributed by atoms with Gasteiger partial charge < -0.3 is 14.4 Å². The van der Waals surface area contributed by atoms with Gasteiger partial charge in [0.05, 0.1) is 13.2 Å². The Morgan fingerprint density at radius 2 is 2.17 bits per heavy atom. The van der Waals surface area contributed by atoms with Crippen LogP contribution in [0.5, 0.6) is 5.75 Å². The monoisotopic (exact) mass is 330 g/mol. The highest BCUT2D eigenvalue weighted by Crippen LogP contribution is 2.26. The number of fused-ring (bicyclic) bond motifs is 1. The first kappa shape index (κ1) is 17.0. The molecule has 1 fully saturated rings. The molecule has 1 saturated heterocycles. The lowest BCUT2D eigenvalue weighted by atomic mass is 10.1. The molecule has 130 valence electrons. The molecule has 0 unspecified atom stereocenters. The van der Waals surface area contributed by atoms with Crippen LogP contribution < -0.4 is 4.74 Å². The van der Waals surface area contributed by atoms with Crippen molar-refractivity contribution in [2.75, 3.05) is 39.4 Å². The summed E-state index contributed by atoms with van der Waals surface area (Å²) in [6, 6.07) is 6.48. The van der Waals surface area contributed by atoms with E-state index in [1.54, 1.807) is 6.08 Å². The van der Waals surface area contributed by atoms with E-state index in [1.807, 2.05) is 11.8 Å². The van der Waals surface area contributed by atoms with Crippen molar-refractivity contribution >= 4 is 5.91 Å². The minimum Gasteiger partial charge on any atom is -0.493 e. The lowest BCUT2D eigenvalue weighted by molar-refractivity contribution is -0.143. The predicted molar refractivity (Wildman–Crippen MR) is 93.1 cm³/mol. The molecule has 1 atom stereocenters. The maximum atomic E-state index is 12.3. The van der Waals surface area contributed by atoms with Gasteiger partial charge in [-0.3, -0.25) is 9.69 Å². The van der Waals surface area contributed by atoms with Crippen molar-refractivity contribution < 1.29 is 14.3 Å². The first-order chi connectivity index (χ1) is 11.7. The molecule has 2 heterocycles. The number of rotatable bonds is 6. The molecule has 0 bridgehead atoms. The van der Waals surface area contributed by atoms with Gasteiger partial charge in [0.1, 0.15) is 11.9 Å². The van der Waals surface area contributed by atoms with Gasteiger partial charge in [-0.05, 0) is 24.1 Å². The number of hydrogen-bond donors (Lipinski definition) is 0. The molecule has 0 spiro atoms. The number of amides is 1. The second kappa shape index (κ2) is 7.81. The lowest BCUT2D eigenvalue weighted by Gasteiger charge is -2.35. The van der Waals surface area contributed by atoms with Crippen LogP contribution in [0.15, 0.2) is 30.9 Å². The largest absolute Gasteiger partial charge is 0.493 e. The summed E-state index contributed by atoms with van der Waals surface area (Å²) in [6.45, 7) is 10.9. The van der Waals surface area contributed by atoms with Crippen LogP contribution in [0.4, 0.5) is 0 Å². The van der Waals surface area contributed by atoms with Gasteiger partial charge in [-0.15, -0.1) is 6.58 Å². The maximum Gasteiger partial charge on any atom is 0.251 e. The molecular weight excluding hydrogens is 304 g/mol. The van der Waals surface area contributed by atoms with E-state index in [2.05, 4.69) is 29.7 Å². The quantitative estimate of drug-likeness (QED) is 0.747. The summed E-state index contributed by atoms with van der Waals surface area (Å²) in [4.78, 5) is 16.6. The van der Waals surface area contributed by atoms with E-state index in [4.69, 9.17) is 9.47 Å². The van der Waals surface area contributed by atoms with E-state index in [-0.39, 0.29) is 5.91 Å². The molecule has 1 aromatic carbocycles. The average Bonchev–Trinajstić information content (AvgIpc) is 3.07. The van der Waals surface area contributed by atoms with Crippen LogP contribution in [-0.4, -0.2) is 61.2 Å². The topological polar surface area (TPSA) is 42.0 Å². The van der Waals surface area contributed by atoms with Gasteiger partial charge >= 0.3 is 0 Å². The van der Waals surface area contributed by atoms with Gasteiger partial charge in [0.2, 0.25) is 0 Å². The summed E-state index contributed by atoms with van der Waals surface area (Å²) in [5.41, 5.74) is 2.64. The molecule has 0 aliphatic carbocycles. The Balaban J connectivity index is 1.48. The van der Waals surface area contributed by atoms with Crippen LogP contribution in [0.25, 0.3) is 0 Å². The van der Waals surface area contributed by atoms with Crippen LogP contribution in [0.3, 0.4) is 0 Å². The Kier molecular flexibility index (Phi) is 5.53. The Labute approximate surface area is 143 Å². The van der Waals surface area contributed by atoms with E-state index in [0.717, 1.165) is 51.5 Å². The van der Waals surface area contributed by atoms with E-state index in [1.165, 1.54) is 11.1 Å². The zero-order chi connectivity index (χ0) is 16.9. The Bertz CT molecular complexity index is 594. The van der Waals surface area contributed by atoms with Crippen molar-refractivity contribution in [3.8, 4) is 5.75 Å². The Hall–Kier alpha value is -1.85. The molecule has 0 aromatic heterocycles. The molecule has 3 rings (SSSR count). The number of carbonyl (C=O) groups is 1. The van der Waals surface area contributed by atoms with Crippen LogP contribution in [-0.2, 0) is 22.5 Å². The third-order valence-electron chi connectivity index (χ3n) is 4.66. The van der Waals surface area contributed by atoms with Crippen LogP contribution >= 0.6 is 0 Å². The molecule has 2 aliphatic rings. The fourth-order valence-electron chi connectivity index (χ4n) is 3.26. The van der Waals surface area contributed by atoms with Crippen molar-refractivity contribution in [2.45, 2.75) is 26.0 Å². The summed E-state index contributed by atoms with van der Waals surface area (Å²) in [5, 5.41) is 0. The second-order valence-electron chi connectivity index (χ2n) is 6.41. The minimum absolute atomic E-state index is 0.0752. The van der Waals surface area contributed by atoms with Crippen LogP contribution in [0, 0.1) is 0 Å². The lowest BCUT2D eigenvalue weighted by Crippen LogP contribution is -2.51. The zero-order valence-electron chi connectivity index (χ0n) is 14.4. The molecule has 1 amide bonds. The van der Waals surface area contributed by atoms with Gasteiger partial charge in [-0.1, -0.05) is 18.2 Å². The first-order valence-corrected chi connectivity index (χ1v) is 8.65. The molecule has 24 heavy (non-hydrogen) atoms. The third-order valence-corrected chi connectivity index (χ3v) is 4.66. The molecule has 1 aromatic rings. The molecule has 2 aliphatic heterocycles. The summed E-state index contributed by atoms with van der Waals surface area (Å²) in [5.74, 6) is 1.11. The second-order valence-corrected chi connectivity index (χ2v) is 6.41. The van der Waals surface area contributed by atoms with Crippen LogP contribution in [0.1, 0.15) is 18.1 Å². The summed E-state index contributed by atoms with van der Waals surface area (Å²) in [7, 11) is 0. The van der Waals surface area contributed by atoms with Gasteiger partial charge in [0.25, 0.3) is 5.91 Å². The average molecular weight is 330 g/mol. The number of carbonyl (C=O) groups excluding carboxylic acids is 1. The molecule has 0 saturated carbocycles. The Morgan fingerprint density at radius 3 is 2.92 bits per heavy atom. The zero-order valence-corrected chi connectivity index (χ0v) is 14.4. The molecule has 5 heteroatoms.